The molecule has 1 aliphatic carbocycles. The lowest BCUT2D eigenvalue weighted by Crippen LogP contribution is -2.59. The van der Waals surface area contributed by atoms with E-state index in [0.717, 1.165) is 42.4 Å². The van der Waals surface area contributed by atoms with Gasteiger partial charge in [-0.15, -0.1) is 0 Å². The van der Waals surface area contributed by atoms with Gasteiger partial charge in [-0.3, -0.25) is 19.2 Å². The third-order valence-electron chi connectivity index (χ3n) is 9.78. The van der Waals surface area contributed by atoms with Crippen molar-refractivity contribution in [1.29, 1.82) is 0 Å². The molecule has 2 aliphatic rings. The van der Waals surface area contributed by atoms with Crippen LogP contribution in [0.3, 0.4) is 0 Å². The van der Waals surface area contributed by atoms with Gasteiger partial charge in [-0.25, -0.2) is 0 Å². The summed E-state index contributed by atoms with van der Waals surface area (Å²) in [7, 11) is 0. The van der Waals surface area contributed by atoms with Crippen LogP contribution in [0.5, 0.6) is 0 Å². The highest BCUT2D eigenvalue weighted by Crippen LogP contribution is 2.34. The Labute approximate surface area is 288 Å². The van der Waals surface area contributed by atoms with Crippen molar-refractivity contribution in [1.82, 2.24) is 16.0 Å². The highest BCUT2D eigenvalue weighted by molar-refractivity contribution is 5.98. The molecule has 0 spiro atoms. The van der Waals surface area contributed by atoms with Crippen LogP contribution in [0.1, 0.15) is 76.5 Å². The van der Waals surface area contributed by atoms with Crippen LogP contribution in [0.25, 0.3) is 10.4 Å². The summed E-state index contributed by atoms with van der Waals surface area (Å²) in [5.41, 5.74) is 16.5. The third-order valence-corrected chi connectivity index (χ3v) is 9.78. The lowest BCUT2D eigenvalue weighted by atomic mass is 9.78. The fraction of sp³-hybridized carbons (Fsp3) is 0.568. The van der Waals surface area contributed by atoms with Crippen LogP contribution in [0, 0.1) is 17.8 Å². The number of benzene rings is 2. The minimum absolute atomic E-state index is 0.111. The molecular weight excluding hydrogens is 622 g/mol. The molecule has 1 saturated heterocycles. The van der Waals surface area contributed by atoms with Crippen LogP contribution in [0.2, 0.25) is 0 Å². The van der Waals surface area contributed by atoms with E-state index in [9.17, 15) is 24.7 Å². The molecule has 12 heteroatoms. The number of ketones is 1. The van der Waals surface area contributed by atoms with Crippen molar-refractivity contribution in [3.8, 4) is 0 Å². The second kappa shape index (κ2) is 17.4. The van der Waals surface area contributed by atoms with Crippen LogP contribution >= 0.6 is 0 Å². The first-order valence-electron chi connectivity index (χ1n) is 17.4. The fourth-order valence-electron chi connectivity index (χ4n) is 6.41. The van der Waals surface area contributed by atoms with Gasteiger partial charge in [0, 0.05) is 17.9 Å². The topological polar surface area (TPSA) is 192 Å². The number of Topliss-reactive ketones (excluding diaryl/α,β-unsaturated/α-hetero) is 1. The molecule has 264 valence electrons. The summed E-state index contributed by atoms with van der Waals surface area (Å²) < 4.78 is 5.46. The van der Waals surface area contributed by atoms with Crippen LogP contribution in [0.15, 0.2) is 59.7 Å². The van der Waals surface area contributed by atoms with Gasteiger partial charge in [-0.2, -0.15) is 0 Å². The van der Waals surface area contributed by atoms with Crippen molar-refractivity contribution in [2.45, 2.75) is 109 Å². The van der Waals surface area contributed by atoms with E-state index in [1.165, 1.54) is 0 Å². The second-order valence-corrected chi connectivity index (χ2v) is 14.2. The molecule has 5 atom stereocenters. The molecule has 1 saturated carbocycles. The molecule has 4 rings (SSSR count). The number of amides is 3. The van der Waals surface area contributed by atoms with Crippen LogP contribution in [0.4, 0.5) is 0 Å². The quantitative estimate of drug-likeness (QED) is 0.0838. The number of rotatable bonds is 17. The standard InChI is InChI=1S/C37H51N7O5/c1-23(2)32(36(48)40-29(33(45)37(4)22-49-37)18-26-12-10-24(3)11-13-26)42-34(46)30(19-27-14-16-28(21-38)17-15-27)41-35(47)31(43-44-39)20-25-8-6-5-7-9-25/h5-9,14-17,23-24,26,29-32H,10-13,18-22,38H2,1-4H3,(H,40,48)(H,41,47)(H,42,46)/t24?,26?,29-,30-,31-,32-,37+/m0/s1. The van der Waals surface area contributed by atoms with E-state index < -0.39 is 47.5 Å². The molecule has 0 radical (unpaired) electrons. The van der Waals surface area contributed by atoms with Crippen molar-refractivity contribution in [2.75, 3.05) is 6.61 Å². The molecule has 0 aromatic heterocycles. The summed E-state index contributed by atoms with van der Waals surface area (Å²) >= 11 is 0. The fourth-order valence-corrected chi connectivity index (χ4v) is 6.41. The third kappa shape index (κ3) is 10.9. The van der Waals surface area contributed by atoms with Gasteiger partial charge in [0.05, 0.1) is 12.6 Å². The van der Waals surface area contributed by atoms with Crippen molar-refractivity contribution >= 4 is 23.5 Å². The highest BCUT2D eigenvalue weighted by atomic mass is 16.6. The number of epoxide rings is 1. The molecule has 49 heavy (non-hydrogen) atoms. The van der Waals surface area contributed by atoms with Gasteiger partial charge in [-0.05, 0) is 59.7 Å². The van der Waals surface area contributed by atoms with Gasteiger partial charge in [0.1, 0.15) is 23.7 Å². The molecule has 2 fully saturated rings. The number of hydrogen-bond acceptors (Lipinski definition) is 7. The minimum atomic E-state index is -1.10. The molecule has 2 aromatic carbocycles. The normalized spacial score (nSPS) is 22.5. The Balaban J connectivity index is 1.52. The predicted octanol–water partition coefficient (Wildman–Crippen LogP) is 4.29. The Morgan fingerprint density at radius 2 is 1.47 bits per heavy atom. The van der Waals surface area contributed by atoms with E-state index >= 15 is 0 Å². The summed E-state index contributed by atoms with van der Waals surface area (Å²) in [5, 5.41) is 12.3. The van der Waals surface area contributed by atoms with Gasteiger partial charge >= 0.3 is 0 Å². The van der Waals surface area contributed by atoms with Crippen molar-refractivity contribution in [3.05, 3.63) is 81.7 Å². The lowest BCUT2D eigenvalue weighted by molar-refractivity contribution is -0.135. The zero-order valence-electron chi connectivity index (χ0n) is 29.1. The SMILES string of the molecule is CC1CCC(C[C@H](NC(=O)[C@@H](NC(=O)[C@H](Cc2ccc(CN)cc2)NC(=O)[C@H](Cc2ccccc2)N=[N+]=[N-])C(C)C)C(=O)[C@@]2(C)CO2)CC1. The Morgan fingerprint density at radius 1 is 0.878 bits per heavy atom. The number of azide groups is 1. The zero-order chi connectivity index (χ0) is 35.6. The van der Waals surface area contributed by atoms with Crippen LogP contribution in [-0.4, -0.2) is 59.9 Å². The molecule has 0 bridgehead atoms. The van der Waals surface area contributed by atoms with E-state index in [2.05, 4.69) is 32.9 Å². The smallest absolute Gasteiger partial charge is 0.243 e. The maximum Gasteiger partial charge on any atom is 0.243 e. The summed E-state index contributed by atoms with van der Waals surface area (Å²) in [4.78, 5) is 57.8. The first-order chi connectivity index (χ1) is 23.4. The average Bonchev–Trinajstić information content (AvgIpc) is 3.85. The molecule has 1 heterocycles. The summed E-state index contributed by atoms with van der Waals surface area (Å²) in [6.07, 6.45) is 4.95. The largest absolute Gasteiger partial charge is 0.361 e. The molecule has 0 unspecified atom stereocenters. The monoisotopic (exact) mass is 673 g/mol. The Hall–Kier alpha value is -4.25. The molecule has 2 aromatic rings. The Bertz CT molecular complexity index is 1480. The molecule has 1 aliphatic heterocycles. The number of carbonyl (C=O) groups is 4. The maximum atomic E-state index is 14.0. The number of nitrogens with one attached hydrogen (secondary N) is 3. The maximum absolute atomic E-state index is 14.0. The zero-order valence-corrected chi connectivity index (χ0v) is 29.1. The van der Waals surface area contributed by atoms with Gasteiger partial charge < -0.3 is 26.4 Å². The minimum Gasteiger partial charge on any atom is -0.361 e. The van der Waals surface area contributed by atoms with Crippen molar-refractivity contribution in [2.24, 2.45) is 28.6 Å². The van der Waals surface area contributed by atoms with Crippen LogP contribution in [-0.2, 0) is 43.3 Å². The van der Waals surface area contributed by atoms with Crippen molar-refractivity contribution in [3.63, 3.8) is 0 Å². The Kier molecular flexibility index (Phi) is 13.4. The summed E-state index contributed by atoms with van der Waals surface area (Å²) in [5.74, 6) is -1.19. The van der Waals surface area contributed by atoms with E-state index in [4.69, 9.17) is 10.5 Å². The van der Waals surface area contributed by atoms with Gasteiger partial charge in [-0.1, -0.05) is 106 Å². The Morgan fingerprint density at radius 3 is 2.04 bits per heavy atom. The predicted molar refractivity (Wildman–Crippen MR) is 187 cm³/mol. The number of hydrogen-bond donors (Lipinski definition) is 4. The van der Waals surface area contributed by atoms with Crippen molar-refractivity contribution < 1.29 is 23.9 Å². The molecular formula is C37H51N7O5. The average molecular weight is 674 g/mol. The first kappa shape index (κ1) is 37.6. The molecule has 12 nitrogen and oxygen atoms in total. The van der Waals surface area contributed by atoms with E-state index in [1.54, 1.807) is 6.92 Å². The van der Waals surface area contributed by atoms with Crippen LogP contribution < -0.4 is 21.7 Å². The second-order valence-electron chi connectivity index (χ2n) is 14.2. The number of carbonyl (C=O) groups excluding carboxylic acids is 4. The van der Waals surface area contributed by atoms with E-state index in [-0.39, 0.29) is 24.5 Å². The molecule has 3 amide bonds. The highest BCUT2D eigenvalue weighted by Gasteiger charge is 2.50. The first-order valence-corrected chi connectivity index (χ1v) is 17.4. The van der Waals surface area contributed by atoms with Gasteiger partial charge in [0.25, 0.3) is 0 Å². The number of ether oxygens (including phenoxy) is 1. The molecule has 5 N–H and O–H groups in total. The summed E-state index contributed by atoms with van der Waals surface area (Å²) in [6, 6.07) is 12.6. The van der Waals surface area contributed by atoms with Gasteiger partial charge in [0.15, 0.2) is 5.78 Å². The van der Waals surface area contributed by atoms with E-state index in [1.807, 2.05) is 68.4 Å². The van der Waals surface area contributed by atoms with Gasteiger partial charge in [0.2, 0.25) is 17.7 Å². The summed E-state index contributed by atoms with van der Waals surface area (Å²) in [6.45, 7) is 8.28. The number of nitrogens with zero attached hydrogens (tertiary/aromatic N) is 3. The van der Waals surface area contributed by atoms with E-state index in [0.29, 0.717) is 31.4 Å². The number of nitrogens with two attached hydrogens (primary N) is 1. The lowest BCUT2D eigenvalue weighted by Gasteiger charge is -2.31.